The van der Waals surface area contributed by atoms with Crippen LogP contribution in [0.1, 0.15) is 17.7 Å². The average molecular weight is 289 g/mol. The first-order valence-electron chi connectivity index (χ1n) is 6.77. The number of carbonyl (C=O) groups excluding carboxylic acids is 1. The van der Waals surface area contributed by atoms with Gasteiger partial charge in [0.15, 0.2) is 5.82 Å². The van der Waals surface area contributed by atoms with Gasteiger partial charge in [0.05, 0.1) is 13.0 Å². The van der Waals surface area contributed by atoms with Crippen molar-refractivity contribution in [3.05, 3.63) is 41.7 Å². The summed E-state index contributed by atoms with van der Waals surface area (Å²) in [4.78, 5) is 11.7. The Morgan fingerprint density at radius 1 is 1.33 bits per heavy atom. The molecule has 0 aliphatic rings. The van der Waals surface area contributed by atoms with Crippen molar-refractivity contribution in [2.75, 3.05) is 19.0 Å². The third kappa shape index (κ3) is 4.92. The van der Waals surface area contributed by atoms with E-state index in [1.54, 1.807) is 13.0 Å². The molecule has 0 unspecified atom stereocenters. The minimum absolute atomic E-state index is 0.157. The molecular weight excluding hydrogens is 270 g/mol. The van der Waals surface area contributed by atoms with Crippen molar-refractivity contribution in [3.8, 4) is 5.75 Å². The molecule has 6 nitrogen and oxygen atoms in total. The SMILES string of the molecule is CNCc1ccc(OCCC(=O)Nc2cc(C)on2)cc1. The topological polar surface area (TPSA) is 76.4 Å². The van der Waals surface area contributed by atoms with Gasteiger partial charge in [0.25, 0.3) is 0 Å². The number of hydrogen-bond acceptors (Lipinski definition) is 5. The minimum atomic E-state index is -0.157. The van der Waals surface area contributed by atoms with Crippen LogP contribution in [0.4, 0.5) is 5.82 Å². The Kier molecular flexibility index (Phi) is 5.34. The summed E-state index contributed by atoms with van der Waals surface area (Å²) in [5, 5.41) is 9.42. The van der Waals surface area contributed by atoms with E-state index < -0.39 is 0 Å². The standard InChI is InChI=1S/C15H19N3O3/c1-11-9-14(18-21-11)17-15(19)7-8-20-13-5-3-12(4-6-13)10-16-2/h3-6,9,16H,7-8,10H2,1-2H3,(H,17,18,19). The summed E-state index contributed by atoms with van der Waals surface area (Å²) in [5.41, 5.74) is 1.18. The maximum Gasteiger partial charge on any atom is 0.229 e. The molecule has 0 atom stereocenters. The highest BCUT2D eigenvalue weighted by Gasteiger charge is 2.06. The molecule has 0 radical (unpaired) electrons. The van der Waals surface area contributed by atoms with Crippen LogP contribution in [0.2, 0.25) is 0 Å². The van der Waals surface area contributed by atoms with Crippen LogP contribution in [-0.2, 0) is 11.3 Å². The van der Waals surface area contributed by atoms with Crippen LogP contribution in [0.25, 0.3) is 0 Å². The first-order valence-corrected chi connectivity index (χ1v) is 6.77. The zero-order valence-corrected chi connectivity index (χ0v) is 12.2. The molecule has 0 spiro atoms. The van der Waals surface area contributed by atoms with Crippen molar-refractivity contribution in [1.82, 2.24) is 10.5 Å². The van der Waals surface area contributed by atoms with Gasteiger partial charge in [0.1, 0.15) is 11.5 Å². The van der Waals surface area contributed by atoms with Crippen LogP contribution in [-0.4, -0.2) is 24.7 Å². The van der Waals surface area contributed by atoms with E-state index in [9.17, 15) is 4.79 Å². The Balaban J connectivity index is 1.72. The molecule has 1 aromatic carbocycles. The van der Waals surface area contributed by atoms with E-state index in [1.807, 2.05) is 31.3 Å². The Morgan fingerprint density at radius 3 is 2.71 bits per heavy atom. The number of aromatic nitrogens is 1. The van der Waals surface area contributed by atoms with Crippen LogP contribution >= 0.6 is 0 Å². The Morgan fingerprint density at radius 2 is 2.10 bits per heavy atom. The van der Waals surface area contributed by atoms with Gasteiger partial charge in [-0.25, -0.2) is 0 Å². The van der Waals surface area contributed by atoms with Gasteiger partial charge in [-0.2, -0.15) is 0 Å². The lowest BCUT2D eigenvalue weighted by molar-refractivity contribution is -0.116. The Bertz CT molecular complexity index is 578. The summed E-state index contributed by atoms with van der Waals surface area (Å²) in [6, 6.07) is 9.44. The van der Waals surface area contributed by atoms with Gasteiger partial charge in [0.2, 0.25) is 5.91 Å². The molecule has 1 aromatic heterocycles. The van der Waals surface area contributed by atoms with Crippen molar-refractivity contribution < 1.29 is 14.1 Å². The van der Waals surface area contributed by atoms with Crippen molar-refractivity contribution in [2.24, 2.45) is 0 Å². The highest BCUT2D eigenvalue weighted by Crippen LogP contribution is 2.12. The molecule has 0 aliphatic heterocycles. The van der Waals surface area contributed by atoms with Gasteiger partial charge in [-0.1, -0.05) is 17.3 Å². The number of nitrogens with one attached hydrogen (secondary N) is 2. The summed E-state index contributed by atoms with van der Waals surface area (Å²) in [6.45, 7) is 2.90. The van der Waals surface area contributed by atoms with E-state index in [-0.39, 0.29) is 12.3 Å². The second-order valence-corrected chi connectivity index (χ2v) is 4.64. The maximum atomic E-state index is 11.7. The predicted molar refractivity (Wildman–Crippen MR) is 79.2 cm³/mol. The van der Waals surface area contributed by atoms with E-state index in [4.69, 9.17) is 9.26 Å². The maximum absolute atomic E-state index is 11.7. The molecule has 2 rings (SSSR count). The van der Waals surface area contributed by atoms with Crippen molar-refractivity contribution in [3.63, 3.8) is 0 Å². The number of nitrogens with zero attached hydrogens (tertiary/aromatic N) is 1. The quantitative estimate of drug-likeness (QED) is 0.816. The van der Waals surface area contributed by atoms with Gasteiger partial charge in [-0.05, 0) is 31.7 Å². The third-order valence-electron chi connectivity index (χ3n) is 2.80. The molecule has 0 fully saturated rings. The predicted octanol–water partition coefficient (Wildman–Crippen LogP) is 2.11. The smallest absolute Gasteiger partial charge is 0.229 e. The molecule has 2 aromatic rings. The molecule has 0 saturated carbocycles. The molecule has 0 aliphatic carbocycles. The van der Waals surface area contributed by atoms with Crippen LogP contribution in [0.5, 0.6) is 5.75 Å². The monoisotopic (exact) mass is 289 g/mol. The van der Waals surface area contributed by atoms with Crippen LogP contribution in [0.15, 0.2) is 34.9 Å². The van der Waals surface area contributed by atoms with E-state index in [0.29, 0.717) is 18.2 Å². The van der Waals surface area contributed by atoms with Crippen LogP contribution in [0.3, 0.4) is 0 Å². The second-order valence-electron chi connectivity index (χ2n) is 4.64. The first kappa shape index (κ1) is 15.1. The van der Waals surface area contributed by atoms with Crippen LogP contribution in [0, 0.1) is 6.92 Å². The van der Waals surface area contributed by atoms with E-state index in [2.05, 4.69) is 15.8 Å². The van der Waals surface area contributed by atoms with Gasteiger partial charge >= 0.3 is 0 Å². The molecule has 6 heteroatoms. The Hall–Kier alpha value is -2.34. The van der Waals surface area contributed by atoms with Crippen molar-refractivity contribution >= 4 is 11.7 Å². The third-order valence-corrected chi connectivity index (χ3v) is 2.80. The summed E-state index contributed by atoms with van der Waals surface area (Å²) >= 11 is 0. The van der Waals surface area contributed by atoms with Gasteiger partial charge in [-0.15, -0.1) is 0 Å². The average Bonchev–Trinajstić information content (AvgIpc) is 2.86. The van der Waals surface area contributed by atoms with Gasteiger partial charge in [0, 0.05) is 12.6 Å². The molecule has 21 heavy (non-hydrogen) atoms. The number of rotatable bonds is 7. The highest BCUT2D eigenvalue weighted by atomic mass is 16.5. The van der Waals surface area contributed by atoms with E-state index >= 15 is 0 Å². The summed E-state index contributed by atoms with van der Waals surface area (Å²) in [7, 11) is 1.90. The molecule has 1 heterocycles. The van der Waals surface area contributed by atoms with E-state index in [1.165, 1.54) is 5.56 Å². The number of benzene rings is 1. The Labute approximate surface area is 123 Å². The highest BCUT2D eigenvalue weighted by molar-refractivity contribution is 5.89. The molecule has 1 amide bonds. The molecule has 2 N–H and O–H groups in total. The largest absolute Gasteiger partial charge is 0.493 e. The van der Waals surface area contributed by atoms with Gasteiger partial charge < -0.3 is 19.9 Å². The number of aryl methyl sites for hydroxylation is 1. The van der Waals surface area contributed by atoms with Gasteiger partial charge in [-0.3, -0.25) is 4.79 Å². The normalized spacial score (nSPS) is 10.4. The first-order chi connectivity index (χ1) is 10.2. The van der Waals surface area contributed by atoms with Crippen molar-refractivity contribution in [2.45, 2.75) is 19.9 Å². The number of hydrogen-bond donors (Lipinski definition) is 2. The zero-order chi connectivity index (χ0) is 15.1. The molecule has 0 bridgehead atoms. The molecule has 0 saturated heterocycles. The number of amides is 1. The fraction of sp³-hybridized carbons (Fsp3) is 0.333. The minimum Gasteiger partial charge on any atom is -0.493 e. The second kappa shape index (κ2) is 7.44. The molecular formula is C15H19N3O3. The fourth-order valence-corrected chi connectivity index (χ4v) is 1.80. The molecule has 112 valence electrons. The summed E-state index contributed by atoms with van der Waals surface area (Å²) in [6.07, 6.45) is 0.254. The zero-order valence-electron chi connectivity index (χ0n) is 12.2. The summed E-state index contributed by atoms with van der Waals surface area (Å²) in [5.74, 6) is 1.67. The van der Waals surface area contributed by atoms with E-state index in [0.717, 1.165) is 12.3 Å². The van der Waals surface area contributed by atoms with Crippen LogP contribution < -0.4 is 15.4 Å². The summed E-state index contributed by atoms with van der Waals surface area (Å²) < 4.78 is 10.4. The number of anilines is 1. The number of carbonyl (C=O) groups is 1. The lowest BCUT2D eigenvalue weighted by atomic mass is 10.2. The lowest BCUT2D eigenvalue weighted by Gasteiger charge is -2.07. The fourth-order valence-electron chi connectivity index (χ4n) is 1.80. The number of ether oxygens (including phenoxy) is 1. The van der Waals surface area contributed by atoms with Crippen molar-refractivity contribution in [1.29, 1.82) is 0 Å². The lowest BCUT2D eigenvalue weighted by Crippen LogP contribution is -2.15.